The molecule has 256 valence electrons. The van der Waals surface area contributed by atoms with E-state index in [0.29, 0.717) is 12.3 Å². The fourth-order valence-electron chi connectivity index (χ4n) is 5.03. The summed E-state index contributed by atoms with van der Waals surface area (Å²) < 4.78 is 20.8. The molecule has 0 bridgehead atoms. The Kier molecular flexibility index (Phi) is 49.5. The van der Waals surface area contributed by atoms with Crippen LogP contribution in [-0.4, -0.2) is 12.3 Å². The minimum Gasteiger partial charge on any atom is -0.802 e. The summed E-state index contributed by atoms with van der Waals surface area (Å²) in [5, 5.41) is 0. The average Bonchev–Trinajstić information content (AvgIpc) is 2.97. The quantitative estimate of drug-likeness (QED) is 0.0402. The van der Waals surface area contributed by atoms with Gasteiger partial charge >= 0.3 is 17.4 Å². The molecule has 0 aromatic carbocycles. The average molecular weight is 683 g/mol. The van der Waals surface area contributed by atoms with Crippen LogP contribution in [0.3, 0.4) is 0 Å². The zero-order valence-corrected chi connectivity index (χ0v) is 31.8. The number of unbranched alkanes of at least 4 members (excludes halogenated alkanes) is 24. The molecule has 2 atom stereocenters. The normalized spacial score (nSPS) is 12.7. The smallest absolute Gasteiger partial charge is 0.802 e. The molecule has 0 aliphatic heterocycles. The first-order valence-corrected chi connectivity index (χ1v) is 21.3. The van der Waals surface area contributed by atoms with Gasteiger partial charge in [0.15, 0.2) is 0 Å². The van der Waals surface area contributed by atoms with Crippen LogP contribution in [0.4, 0.5) is 0 Å². The van der Waals surface area contributed by atoms with E-state index >= 15 is 0 Å². The molecule has 0 aliphatic rings. The van der Waals surface area contributed by atoms with E-state index in [1.54, 1.807) is 0 Å². The van der Waals surface area contributed by atoms with Crippen molar-refractivity contribution in [1.29, 1.82) is 0 Å². The molecular weight excluding hydrogens is 610 g/mol. The molecule has 0 saturated carbocycles. The van der Waals surface area contributed by atoms with Crippen LogP contribution in [0.25, 0.3) is 0 Å². The van der Waals surface area contributed by atoms with E-state index in [4.69, 9.17) is 0 Å². The summed E-state index contributed by atoms with van der Waals surface area (Å²) in [7, 11) is -4.92. The Balaban J connectivity index is -0.000000727. The molecule has 43 heavy (non-hydrogen) atoms. The number of hydrogen-bond acceptors (Lipinski definition) is 4. The third-order valence-corrected chi connectivity index (χ3v) is 9.31. The minimum atomic E-state index is -2.46. The summed E-state index contributed by atoms with van der Waals surface area (Å²) in [5.74, 6) is 0. The van der Waals surface area contributed by atoms with Gasteiger partial charge < -0.3 is 18.9 Å². The van der Waals surface area contributed by atoms with Crippen LogP contribution in [0.2, 0.25) is 0 Å². The van der Waals surface area contributed by atoms with Gasteiger partial charge in [0.1, 0.15) is 0 Å². The van der Waals surface area contributed by atoms with Crippen molar-refractivity contribution in [3.63, 3.8) is 0 Å². The fraction of sp³-hybridized carbons (Fsp3) is 0.889. The maximum Gasteiger partial charge on any atom is 2.00 e. The van der Waals surface area contributed by atoms with E-state index < -0.39 is 16.1 Å². The molecule has 0 amide bonds. The second kappa shape index (κ2) is 44.5. The van der Waals surface area contributed by atoms with Gasteiger partial charge in [-0.2, -0.15) is 0 Å². The Morgan fingerprint density at radius 1 is 0.372 bits per heavy atom. The molecule has 7 heteroatoms. The van der Waals surface area contributed by atoms with Crippen molar-refractivity contribution in [2.24, 2.45) is 0 Å². The van der Waals surface area contributed by atoms with Gasteiger partial charge in [0.25, 0.3) is 0 Å². The monoisotopic (exact) mass is 682 g/mol. The van der Waals surface area contributed by atoms with Crippen LogP contribution in [0.1, 0.15) is 194 Å². The van der Waals surface area contributed by atoms with Crippen LogP contribution in [-0.2, 0) is 26.5 Å². The predicted molar refractivity (Wildman–Crippen MR) is 187 cm³/mol. The second-order valence-electron chi connectivity index (χ2n) is 12.1. The Bertz CT molecular complexity index is 562. The minimum absolute atomic E-state index is 0. The zero-order valence-electron chi connectivity index (χ0n) is 28.6. The summed E-state index contributed by atoms with van der Waals surface area (Å²) in [4.78, 5) is 20.8. The van der Waals surface area contributed by atoms with Crippen LogP contribution < -0.4 is 9.79 Å². The molecule has 0 rings (SSSR count). The molecule has 0 spiro atoms. The molecule has 0 heterocycles. The largest absolute Gasteiger partial charge is 2.00 e. The molecule has 0 saturated heterocycles. The standard InChI is InChI=1S/2C18H37O2P.Cr/c2*1-2-3-4-5-6-7-8-9-10-11-12-13-14-15-16-17-18-21(19)20;/h2*9-10,21H,2-8,11-18H2,1H3,(H,19,20);/q;;+2/p-2/b2*10-9-;. The van der Waals surface area contributed by atoms with Crippen molar-refractivity contribution in [2.75, 3.05) is 12.3 Å². The summed E-state index contributed by atoms with van der Waals surface area (Å²) in [6, 6.07) is 0. The van der Waals surface area contributed by atoms with Crippen molar-refractivity contribution >= 4 is 16.1 Å². The van der Waals surface area contributed by atoms with Gasteiger partial charge in [0.05, 0.1) is 0 Å². The second-order valence-corrected chi connectivity index (χ2v) is 14.6. The van der Waals surface area contributed by atoms with Crippen LogP contribution in [0, 0.1) is 0 Å². The Morgan fingerprint density at radius 2 is 0.581 bits per heavy atom. The van der Waals surface area contributed by atoms with Crippen LogP contribution >= 0.6 is 16.1 Å². The van der Waals surface area contributed by atoms with Gasteiger partial charge in [0.2, 0.25) is 0 Å². The first-order chi connectivity index (χ1) is 20.5. The topological polar surface area (TPSA) is 80.3 Å². The molecule has 0 aliphatic carbocycles. The maximum atomic E-state index is 10.4. The van der Waals surface area contributed by atoms with Crippen molar-refractivity contribution in [3.05, 3.63) is 24.3 Å². The molecule has 0 radical (unpaired) electrons. The Labute approximate surface area is 281 Å². The van der Waals surface area contributed by atoms with Crippen LogP contribution in [0.5, 0.6) is 0 Å². The Morgan fingerprint density at radius 3 is 0.814 bits per heavy atom. The van der Waals surface area contributed by atoms with Crippen molar-refractivity contribution in [1.82, 2.24) is 0 Å². The Hall–Kier alpha value is 0.392. The van der Waals surface area contributed by atoms with Crippen molar-refractivity contribution in [2.45, 2.75) is 194 Å². The van der Waals surface area contributed by atoms with E-state index in [1.165, 1.54) is 154 Å². The molecule has 0 aromatic rings. The van der Waals surface area contributed by atoms with E-state index in [0.717, 1.165) is 25.7 Å². The fourth-order valence-corrected chi connectivity index (χ4v) is 6.11. The molecule has 0 aromatic heterocycles. The van der Waals surface area contributed by atoms with E-state index in [-0.39, 0.29) is 17.4 Å². The van der Waals surface area contributed by atoms with Gasteiger partial charge in [-0.25, -0.2) is 0 Å². The first-order valence-electron chi connectivity index (χ1n) is 18.2. The van der Waals surface area contributed by atoms with Gasteiger partial charge in [-0.15, -0.1) is 0 Å². The van der Waals surface area contributed by atoms with Crippen molar-refractivity contribution < 1.29 is 36.3 Å². The maximum absolute atomic E-state index is 10.4. The van der Waals surface area contributed by atoms with Crippen LogP contribution in [0.15, 0.2) is 24.3 Å². The predicted octanol–water partition coefficient (Wildman–Crippen LogP) is 11.7. The molecule has 2 unspecified atom stereocenters. The molecule has 0 fully saturated rings. The van der Waals surface area contributed by atoms with E-state index in [1.807, 2.05) is 0 Å². The third kappa shape index (κ3) is 52.2. The first kappa shape index (κ1) is 47.8. The van der Waals surface area contributed by atoms with E-state index in [9.17, 15) is 18.9 Å². The summed E-state index contributed by atoms with van der Waals surface area (Å²) in [6.45, 7) is 4.52. The summed E-state index contributed by atoms with van der Waals surface area (Å²) >= 11 is 0. The van der Waals surface area contributed by atoms with Gasteiger partial charge in [-0.1, -0.05) is 154 Å². The zero-order chi connectivity index (χ0) is 31.2. The summed E-state index contributed by atoms with van der Waals surface area (Å²) in [5.41, 5.74) is 0. The molecular formula is C36H72CrO4P2. The number of rotatable bonds is 32. The molecule has 0 N–H and O–H groups in total. The summed E-state index contributed by atoms with van der Waals surface area (Å²) in [6.07, 6.45) is 45.6. The van der Waals surface area contributed by atoms with Gasteiger partial charge in [-0.05, 0) is 76.5 Å². The van der Waals surface area contributed by atoms with Crippen molar-refractivity contribution in [3.8, 4) is 0 Å². The van der Waals surface area contributed by atoms with E-state index in [2.05, 4.69) is 38.2 Å². The number of hydrogen-bond donors (Lipinski definition) is 0. The van der Waals surface area contributed by atoms with Gasteiger partial charge in [-0.3, -0.25) is 0 Å². The third-order valence-electron chi connectivity index (χ3n) is 7.79. The van der Waals surface area contributed by atoms with Gasteiger partial charge in [0, 0.05) is 16.1 Å². The number of allylic oxidation sites excluding steroid dienone is 4. The SMILES string of the molecule is CCCCCCCC/C=C\CCCCCCCC[PH](=O)[O-].CCCCCCCC/C=C\CCCCCCCC[PH](=O)[O-].[Cr+2]. The molecule has 4 nitrogen and oxygen atoms in total.